The molecule has 3 aromatic rings. The zero-order valence-electron chi connectivity index (χ0n) is 15.9. The molecule has 0 spiro atoms. The van der Waals surface area contributed by atoms with Gasteiger partial charge in [-0.05, 0) is 66.7 Å². The Morgan fingerprint density at radius 2 is 1.73 bits per heavy atom. The summed E-state index contributed by atoms with van der Waals surface area (Å²) in [6.07, 6.45) is 0. The molecule has 1 amide bonds. The van der Waals surface area contributed by atoms with Crippen molar-refractivity contribution in [3.05, 3.63) is 83.6 Å². The maximum atomic E-state index is 13.3. The predicted molar refractivity (Wildman–Crippen MR) is 114 cm³/mol. The molecule has 0 bridgehead atoms. The number of hydrogen-bond acceptors (Lipinski definition) is 4. The minimum atomic E-state index is -4.15. The van der Waals surface area contributed by atoms with Gasteiger partial charge in [0.2, 0.25) is 5.91 Å². The van der Waals surface area contributed by atoms with Crippen molar-refractivity contribution in [1.29, 1.82) is 0 Å². The molecule has 6 nitrogen and oxygen atoms in total. The molecule has 0 aromatic heterocycles. The number of sulfonamides is 1. The zero-order chi connectivity index (χ0) is 21.7. The van der Waals surface area contributed by atoms with E-state index in [1.807, 2.05) is 0 Å². The summed E-state index contributed by atoms with van der Waals surface area (Å²) in [5, 5.41) is 3.05. The maximum absolute atomic E-state index is 13.3. The highest BCUT2D eigenvalue weighted by molar-refractivity contribution is 7.92. The Morgan fingerprint density at radius 3 is 2.33 bits per heavy atom. The number of carbonyl (C=O) groups is 1. The number of benzene rings is 3. The number of hydrogen-bond donors (Lipinski definition) is 1. The summed E-state index contributed by atoms with van der Waals surface area (Å²) in [6.45, 7) is -0.501. The molecule has 30 heavy (non-hydrogen) atoms. The maximum Gasteiger partial charge on any atom is 0.264 e. The van der Waals surface area contributed by atoms with E-state index < -0.39 is 28.3 Å². The van der Waals surface area contributed by atoms with Crippen molar-refractivity contribution in [1.82, 2.24) is 0 Å². The van der Waals surface area contributed by atoms with Gasteiger partial charge < -0.3 is 10.1 Å². The van der Waals surface area contributed by atoms with E-state index in [0.29, 0.717) is 16.5 Å². The lowest BCUT2D eigenvalue weighted by atomic mass is 10.3. The number of halogens is 2. The molecule has 156 valence electrons. The van der Waals surface area contributed by atoms with Crippen LogP contribution in [0.1, 0.15) is 0 Å². The monoisotopic (exact) mass is 448 g/mol. The quantitative estimate of drug-likeness (QED) is 0.584. The fourth-order valence-corrected chi connectivity index (χ4v) is 4.31. The third kappa shape index (κ3) is 5.08. The second-order valence-corrected chi connectivity index (χ2v) is 8.52. The Bertz CT molecular complexity index is 1140. The van der Waals surface area contributed by atoms with E-state index in [2.05, 4.69) is 5.32 Å². The van der Waals surface area contributed by atoms with Gasteiger partial charge in [0.1, 0.15) is 18.1 Å². The summed E-state index contributed by atoms with van der Waals surface area (Å²) in [5.74, 6) is -0.608. The van der Waals surface area contributed by atoms with Gasteiger partial charge in [-0.15, -0.1) is 0 Å². The van der Waals surface area contributed by atoms with Crippen LogP contribution in [0.15, 0.2) is 77.7 Å². The van der Waals surface area contributed by atoms with Crippen molar-refractivity contribution in [2.24, 2.45) is 0 Å². The van der Waals surface area contributed by atoms with Crippen LogP contribution in [-0.4, -0.2) is 28.0 Å². The average molecular weight is 449 g/mol. The summed E-state index contributed by atoms with van der Waals surface area (Å²) in [4.78, 5) is 12.5. The summed E-state index contributed by atoms with van der Waals surface area (Å²) in [5.41, 5.74) is 0.683. The SMILES string of the molecule is COc1ccc(N(CC(=O)Nc2cccc(Cl)c2)S(=O)(=O)c2ccc(F)cc2)cc1. The number of nitrogens with zero attached hydrogens (tertiary/aromatic N) is 1. The molecule has 0 aliphatic rings. The van der Waals surface area contributed by atoms with Crippen molar-refractivity contribution < 1.29 is 22.3 Å². The first-order valence-electron chi connectivity index (χ1n) is 8.77. The molecule has 0 aliphatic heterocycles. The van der Waals surface area contributed by atoms with Gasteiger partial charge in [0.25, 0.3) is 10.0 Å². The highest BCUT2D eigenvalue weighted by Gasteiger charge is 2.27. The zero-order valence-corrected chi connectivity index (χ0v) is 17.5. The Balaban J connectivity index is 1.94. The van der Waals surface area contributed by atoms with Crippen LogP contribution in [0.25, 0.3) is 0 Å². The van der Waals surface area contributed by atoms with Crippen LogP contribution in [-0.2, 0) is 14.8 Å². The van der Waals surface area contributed by atoms with Crippen LogP contribution < -0.4 is 14.4 Å². The van der Waals surface area contributed by atoms with Gasteiger partial charge in [-0.25, -0.2) is 12.8 Å². The van der Waals surface area contributed by atoms with E-state index in [1.54, 1.807) is 36.4 Å². The second kappa shape index (κ2) is 9.15. The van der Waals surface area contributed by atoms with Crippen LogP contribution >= 0.6 is 11.6 Å². The molecule has 0 saturated heterocycles. The van der Waals surface area contributed by atoms with E-state index in [9.17, 15) is 17.6 Å². The lowest BCUT2D eigenvalue weighted by Gasteiger charge is -2.24. The van der Waals surface area contributed by atoms with Crippen LogP contribution in [0.3, 0.4) is 0 Å². The first kappa shape index (κ1) is 21.6. The number of amides is 1. The van der Waals surface area contributed by atoms with E-state index in [4.69, 9.17) is 16.3 Å². The van der Waals surface area contributed by atoms with E-state index in [0.717, 1.165) is 28.6 Å². The molecule has 1 N–H and O–H groups in total. The molecule has 3 aromatic carbocycles. The summed E-state index contributed by atoms with van der Waals surface area (Å²) >= 11 is 5.92. The van der Waals surface area contributed by atoms with Crippen molar-refractivity contribution in [2.75, 3.05) is 23.3 Å². The smallest absolute Gasteiger partial charge is 0.264 e. The third-order valence-corrected chi connectivity index (χ3v) is 6.18. The van der Waals surface area contributed by atoms with Gasteiger partial charge in [0.05, 0.1) is 17.7 Å². The first-order valence-corrected chi connectivity index (χ1v) is 10.6. The van der Waals surface area contributed by atoms with Gasteiger partial charge in [0, 0.05) is 10.7 Å². The van der Waals surface area contributed by atoms with E-state index in [1.165, 1.54) is 19.2 Å². The van der Waals surface area contributed by atoms with E-state index >= 15 is 0 Å². The third-order valence-electron chi connectivity index (χ3n) is 4.16. The van der Waals surface area contributed by atoms with Crippen molar-refractivity contribution in [3.8, 4) is 5.75 Å². The normalized spacial score (nSPS) is 11.0. The van der Waals surface area contributed by atoms with Crippen LogP contribution in [0, 0.1) is 5.82 Å². The molecule has 0 aliphatic carbocycles. The average Bonchev–Trinajstić information content (AvgIpc) is 2.72. The standard InChI is InChI=1S/C21H18ClFN2O4S/c1-29-19-9-7-18(8-10-19)25(30(27,28)20-11-5-16(23)6-12-20)14-21(26)24-17-4-2-3-15(22)13-17/h2-13H,14H2,1H3,(H,24,26). The molecule has 3 rings (SSSR count). The van der Waals surface area contributed by atoms with Gasteiger partial charge in [-0.3, -0.25) is 9.10 Å². The number of nitrogens with one attached hydrogen (secondary N) is 1. The number of carbonyl (C=O) groups excluding carboxylic acids is 1. The number of rotatable bonds is 7. The molecule has 0 saturated carbocycles. The number of anilines is 2. The van der Waals surface area contributed by atoms with Gasteiger partial charge in [0.15, 0.2) is 0 Å². The molecular formula is C21H18ClFN2O4S. The van der Waals surface area contributed by atoms with Crippen molar-refractivity contribution in [2.45, 2.75) is 4.90 Å². The topological polar surface area (TPSA) is 75.7 Å². The molecule has 9 heteroatoms. The molecular weight excluding hydrogens is 431 g/mol. The van der Waals surface area contributed by atoms with Gasteiger partial charge in [-0.1, -0.05) is 17.7 Å². The Labute approximate surface area is 178 Å². The molecule has 0 fully saturated rings. The fraction of sp³-hybridized carbons (Fsp3) is 0.0952. The molecule has 0 atom stereocenters. The summed E-state index contributed by atoms with van der Waals surface area (Å²) in [7, 11) is -2.66. The van der Waals surface area contributed by atoms with Gasteiger partial charge in [-0.2, -0.15) is 0 Å². The molecule has 0 unspecified atom stereocenters. The van der Waals surface area contributed by atoms with Crippen LogP contribution in [0.4, 0.5) is 15.8 Å². The van der Waals surface area contributed by atoms with E-state index in [-0.39, 0.29) is 10.6 Å². The lowest BCUT2D eigenvalue weighted by Crippen LogP contribution is -2.38. The number of methoxy groups -OCH3 is 1. The predicted octanol–water partition coefficient (Wildman–Crippen LogP) is 4.32. The Kier molecular flexibility index (Phi) is 6.59. The first-order chi connectivity index (χ1) is 14.3. The summed E-state index contributed by atoms with van der Waals surface area (Å²) in [6, 6.07) is 17.1. The Hall–Kier alpha value is -3.10. The minimum absolute atomic E-state index is 0.143. The number of ether oxygens (including phenoxy) is 1. The van der Waals surface area contributed by atoms with Gasteiger partial charge >= 0.3 is 0 Å². The molecule has 0 heterocycles. The van der Waals surface area contributed by atoms with Crippen LogP contribution in [0.5, 0.6) is 5.75 Å². The van der Waals surface area contributed by atoms with Crippen molar-refractivity contribution in [3.63, 3.8) is 0 Å². The lowest BCUT2D eigenvalue weighted by molar-refractivity contribution is -0.114. The Morgan fingerprint density at radius 1 is 1.07 bits per heavy atom. The fourth-order valence-electron chi connectivity index (χ4n) is 2.69. The largest absolute Gasteiger partial charge is 0.497 e. The highest BCUT2D eigenvalue weighted by Crippen LogP contribution is 2.26. The summed E-state index contributed by atoms with van der Waals surface area (Å²) < 4.78 is 45.7. The molecule has 0 radical (unpaired) electrons. The van der Waals surface area contributed by atoms with Crippen LogP contribution in [0.2, 0.25) is 5.02 Å². The highest BCUT2D eigenvalue weighted by atomic mass is 35.5. The second-order valence-electron chi connectivity index (χ2n) is 6.22. The minimum Gasteiger partial charge on any atom is -0.497 e. The van der Waals surface area contributed by atoms with Crippen molar-refractivity contribution >= 4 is 38.9 Å².